The monoisotopic (exact) mass is 212 g/mol. The van der Waals surface area contributed by atoms with Crippen LogP contribution in [0.25, 0.3) is 0 Å². The highest BCUT2D eigenvalue weighted by molar-refractivity contribution is 4.84. The van der Waals surface area contributed by atoms with Gasteiger partial charge in [0.1, 0.15) is 0 Å². The Morgan fingerprint density at radius 3 is 2.73 bits per heavy atom. The number of nitrogens with zero attached hydrogens (tertiary/aromatic N) is 1. The van der Waals surface area contributed by atoms with Gasteiger partial charge in [-0.3, -0.25) is 4.90 Å². The average Bonchev–Trinajstić information content (AvgIpc) is 2.33. The summed E-state index contributed by atoms with van der Waals surface area (Å²) in [6, 6.07) is 1.42. The van der Waals surface area contributed by atoms with Gasteiger partial charge in [-0.2, -0.15) is 0 Å². The first-order valence-corrected chi connectivity index (χ1v) is 6.46. The van der Waals surface area contributed by atoms with Gasteiger partial charge in [-0.25, -0.2) is 0 Å². The molecule has 1 N–H and O–H groups in total. The van der Waals surface area contributed by atoms with Crippen molar-refractivity contribution < 1.29 is 4.74 Å². The minimum absolute atomic E-state index is 0.675. The molecule has 2 aliphatic rings. The van der Waals surface area contributed by atoms with Gasteiger partial charge in [-0.1, -0.05) is 6.92 Å². The van der Waals surface area contributed by atoms with Crippen LogP contribution in [0.3, 0.4) is 0 Å². The zero-order valence-electron chi connectivity index (χ0n) is 9.87. The molecule has 15 heavy (non-hydrogen) atoms. The quantitative estimate of drug-likeness (QED) is 0.762. The van der Waals surface area contributed by atoms with Crippen molar-refractivity contribution in [3.05, 3.63) is 0 Å². The maximum atomic E-state index is 5.59. The Balaban J connectivity index is 1.88. The predicted molar refractivity (Wildman–Crippen MR) is 62.1 cm³/mol. The van der Waals surface area contributed by atoms with Crippen LogP contribution in [-0.4, -0.2) is 49.8 Å². The van der Waals surface area contributed by atoms with Gasteiger partial charge in [0.25, 0.3) is 0 Å². The van der Waals surface area contributed by atoms with E-state index in [0.29, 0.717) is 6.04 Å². The molecule has 3 heteroatoms. The zero-order valence-corrected chi connectivity index (χ0v) is 9.87. The molecule has 0 aromatic rings. The number of ether oxygens (including phenoxy) is 1. The molecule has 2 fully saturated rings. The molecule has 88 valence electrons. The van der Waals surface area contributed by atoms with Gasteiger partial charge in [0.2, 0.25) is 0 Å². The molecule has 0 aromatic heterocycles. The van der Waals surface area contributed by atoms with Crippen molar-refractivity contribution in [1.82, 2.24) is 10.2 Å². The van der Waals surface area contributed by atoms with E-state index in [-0.39, 0.29) is 0 Å². The SMILES string of the molecule is CCN(C1CCCNC1)C1CCCOC1. The molecule has 0 bridgehead atoms. The molecule has 0 saturated carbocycles. The fraction of sp³-hybridized carbons (Fsp3) is 1.00. The van der Waals surface area contributed by atoms with E-state index >= 15 is 0 Å². The Bertz CT molecular complexity index is 156. The van der Waals surface area contributed by atoms with Crippen molar-refractivity contribution in [2.75, 3.05) is 32.8 Å². The highest BCUT2D eigenvalue weighted by Gasteiger charge is 2.27. The smallest absolute Gasteiger partial charge is 0.0621 e. The van der Waals surface area contributed by atoms with Crippen LogP contribution < -0.4 is 5.32 Å². The fourth-order valence-corrected chi connectivity index (χ4v) is 2.92. The molecule has 0 radical (unpaired) electrons. The maximum absolute atomic E-state index is 5.59. The van der Waals surface area contributed by atoms with Crippen LogP contribution in [0, 0.1) is 0 Å². The molecule has 2 rings (SSSR count). The molecule has 0 aliphatic carbocycles. The van der Waals surface area contributed by atoms with E-state index in [2.05, 4.69) is 17.1 Å². The molecule has 3 nitrogen and oxygen atoms in total. The van der Waals surface area contributed by atoms with E-state index in [1.54, 1.807) is 0 Å². The molecule has 0 amide bonds. The van der Waals surface area contributed by atoms with Gasteiger partial charge < -0.3 is 10.1 Å². The topological polar surface area (TPSA) is 24.5 Å². The summed E-state index contributed by atoms with van der Waals surface area (Å²) in [6.45, 7) is 7.74. The van der Waals surface area contributed by atoms with Crippen LogP contribution in [0.15, 0.2) is 0 Å². The van der Waals surface area contributed by atoms with E-state index < -0.39 is 0 Å². The summed E-state index contributed by atoms with van der Waals surface area (Å²) in [5.74, 6) is 0. The molecule has 2 heterocycles. The number of nitrogens with one attached hydrogen (secondary N) is 1. The van der Waals surface area contributed by atoms with Crippen LogP contribution in [0.1, 0.15) is 32.6 Å². The maximum Gasteiger partial charge on any atom is 0.0621 e. The van der Waals surface area contributed by atoms with Crippen molar-refractivity contribution in [1.29, 1.82) is 0 Å². The first kappa shape index (κ1) is 11.4. The third kappa shape index (κ3) is 2.92. The summed E-state index contributed by atoms with van der Waals surface area (Å²) in [6.07, 6.45) is 5.25. The Morgan fingerprint density at radius 2 is 2.13 bits per heavy atom. The first-order valence-electron chi connectivity index (χ1n) is 6.46. The summed E-state index contributed by atoms with van der Waals surface area (Å²) >= 11 is 0. The van der Waals surface area contributed by atoms with Gasteiger partial charge in [0.05, 0.1) is 6.61 Å². The molecule has 2 aliphatic heterocycles. The third-order valence-corrected chi connectivity index (χ3v) is 3.71. The van der Waals surface area contributed by atoms with Crippen LogP contribution >= 0.6 is 0 Å². The highest BCUT2D eigenvalue weighted by Crippen LogP contribution is 2.19. The Kier molecular flexibility index (Phi) is 4.42. The Hall–Kier alpha value is -0.120. The van der Waals surface area contributed by atoms with Gasteiger partial charge in [-0.15, -0.1) is 0 Å². The lowest BCUT2D eigenvalue weighted by atomic mass is 10.0. The molecular weight excluding hydrogens is 188 g/mol. The fourth-order valence-electron chi connectivity index (χ4n) is 2.92. The van der Waals surface area contributed by atoms with Gasteiger partial charge in [0.15, 0.2) is 0 Å². The standard InChI is InChI=1S/C12H24N2O/c1-2-14(11-5-3-7-13-9-11)12-6-4-8-15-10-12/h11-13H,2-10H2,1H3. The van der Waals surface area contributed by atoms with Gasteiger partial charge in [0, 0.05) is 25.2 Å². The van der Waals surface area contributed by atoms with E-state index in [4.69, 9.17) is 4.74 Å². The predicted octanol–water partition coefficient (Wildman–Crippen LogP) is 1.24. The van der Waals surface area contributed by atoms with E-state index in [0.717, 1.165) is 19.3 Å². The number of rotatable bonds is 3. The van der Waals surface area contributed by atoms with Crippen molar-refractivity contribution >= 4 is 0 Å². The molecule has 2 saturated heterocycles. The number of likely N-dealkylation sites (N-methyl/N-ethyl adjacent to an activating group) is 1. The normalized spacial score (nSPS) is 33.2. The summed E-state index contributed by atoms with van der Waals surface area (Å²) < 4.78 is 5.59. The second-order valence-electron chi connectivity index (χ2n) is 4.70. The van der Waals surface area contributed by atoms with E-state index in [1.165, 1.54) is 45.3 Å². The van der Waals surface area contributed by atoms with Gasteiger partial charge in [-0.05, 0) is 38.8 Å². The lowest BCUT2D eigenvalue weighted by Gasteiger charge is -2.40. The number of hydrogen-bond acceptors (Lipinski definition) is 3. The molecule has 0 spiro atoms. The minimum atomic E-state index is 0.675. The van der Waals surface area contributed by atoms with Crippen LogP contribution in [0.5, 0.6) is 0 Å². The largest absolute Gasteiger partial charge is 0.380 e. The molecular formula is C12H24N2O. The summed E-state index contributed by atoms with van der Waals surface area (Å²) in [4.78, 5) is 2.66. The van der Waals surface area contributed by atoms with E-state index in [1.807, 2.05) is 0 Å². The Labute approximate surface area is 93.2 Å². The molecule has 0 aromatic carbocycles. The highest BCUT2D eigenvalue weighted by atomic mass is 16.5. The second kappa shape index (κ2) is 5.83. The zero-order chi connectivity index (χ0) is 10.5. The Morgan fingerprint density at radius 1 is 1.27 bits per heavy atom. The van der Waals surface area contributed by atoms with E-state index in [9.17, 15) is 0 Å². The lowest BCUT2D eigenvalue weighted by molar-refractivity contribution is -0.00197. The summed E-state index contributed by atoms with van der Waals surface area (Å²) in [5, 5.41) is 3.51. The number of hydrogen-bond donors (Lipinski definition) is 1. The van der Waals surface area contributed by atoms with Crippen molar-refractivity contribution in [3.8, 4) is 0 Å². The molecule has 2 unspecified atom stereocenters. The van der Waals surface area contributed by atoms with Crippen LogP contribution in [-0.2, 0) is 4.74 Å². The lowest BCUT2D eigenvalue weighted by Crippen LogP contribution is -2.52. The summed E-state index contributed by atoms with van der Waals surface area (Å²) in [5.41, 5.74) is 0. The van der Waals surface area contributed by atoms with Crippen LogP contribution in [0.4, 0.5) is 0 Å². The first-order chi connectivity index (χ1) is 7.42. The minimum Gasteiger partial charge on any atom is -0.380 e. The van der Waals surface area contributed by atoms with Crippen molar-refractivity contribution in [3.63, 3.8) is 0 Å². The van der Waals surface area contributed by atoms with Gasteiger partial charge >= 0.3 is 0 Å². The van der Waals surface area contributed by atoms with Crippen LogP contribution in [0.2, 0.25) is 0 Å². The number of piperidine rings is 1. The van der Waals surface area contributed by atoms with Crippen molar-refractivity contribution in [2.24, 2.45) is 0 Å². The van der Waals surface area contributed by atoms with Crippen molar-refractivity contribution in [2.45, 2.75) is 44.7 Å². The second-order valence-corrected chi connectivity index (χ2v) is 4.70. The summed E-state index contributed by atoms with van der Waals surface area (Å²) in [7, 11) is 0. The average molecular weight is 212 g/mol. The third-order valence-electron chi connectivity index (χ3n) is 3.71. The molecule has 2 atom stereocenters.